The van der Waals surface area contributed by atoms with Gasteiger partial charge in [0, 0.05) is 12.8 Å². The molecule has 0 aliphatic rings. The number of carbonyl (C=O) groups excluding carboxylic acids is 2. The Kier molecular flexibility index (Phi) is 27.8. The zero-order valence-electron chi connectivity index (χ0n) is 29.2. The van der Waals surface area contributed by atoms with Gasteiger partial charge in [-0.15, -0.1) is 0 Å². The summed E-state index contributed by atoms with van der Waals surface area (Å²) >= 11 is 0. The van der Waals surface area contributed by atoms with Crippen molar-refractivity contribution in [1.29, 1.82) is 0 Å². The predicted octanol–water partition coefficient (Wildman–Crippen LogP) is 8.79. The average molecular weight is 671 g/mol. The van der Waals surface area contributed by atoms with Gasteiger partial charge in [0.15, 0.2) is 6.10 Å². The van der Waals surface area contributed by atoms with Crippen LogP contribution in [0.2, 0.25) is 0 Å². The first-order valence-corrected chi connectivity index (χ1v) is 18.8. The molecule has 10 heteroatoms. The highest BCUT2D eigenvalue weighted by Crippen LogP contribution is 2.43. The number of phosphoric ester groups is 1. The molecule has 0 aliphatic carbocycles. The maximum atomic E-state index is 12.5. The number of allylic oxidation sites excluding steroid dienone is 6. The van der Waals surface area contributed by atoms with E-state index in [1.54, 1.807) is 12.2 Å². The van der Waals surface area contributed by atoms with E-state index in [4.69, 9.17) is 18.5 Å². The zero-order chi connectivity index (χ0) is 34.4. The van der Waals surface area contributed by atoms with Crippen molar-refractivity contribution < 1.29 is 42.1 Å². The van der Waals surface area contributed by atoms with Gasteiger partial charge in [0.2, 0.25) is 0 Å². The molecule has 2 atom stereocenters. The number of hydrogen-bond acceptors (Lipinski definition) is 7. The number of phosphoric acid groups is 1. The number of rotatable bonds is 32. The van der Waals surface area contributed by atoms with Gasteiger partial charge in [-0.3, -0.25) is 18.6 Å². The van der Waals surface area contributed by atoms with Gasteiger partial charge < -0.3 is 18.9 Å². The molecule has 0 radical (unpaired) electrons. The van der Waals surface area contributed by atoms with Crippen LogP contribution in [0, 0.1) is 0 Å². The lowest BCUT2D eigenvalue weighted by Crippen LogP contribution is -2.37. The molecule has 0 rings (SSSR count). The number of hydrogen-bond donors (Lipinski definition) is 1. The van der Waals surface area contributed by atoms with Gasteiger partial charge in [-0.25, -0.2) is 4.57 Å². The normalized spacial score (nSPS) is 13.9. The Bertz CT molecular complexity index is 912. The second-order valence-electron chi connectivity index (χ2n) is 12.8. The molecule has 0 saturated carbocycles. The van der Waals surface area contributed by atoms with E-state index in [1.165, 1.54) is 38.5 Å². The number of quaternary nitrogens is 1. The lowest BCUT2D eigenvalue weighted by molar-refractivity contribution is -0.870. The van der Waals surface area contributed by atoms with Crippen molar-refractivity contribution in [2.24, 2.45) is 0 Å². The standard InChI is InChI=1S/C36H64NO8P/c1-6-8-10-12-14-16-18-20-22-24-26-28-35(38)42-32-34(33-44-46(40,41)43-31-30-37(3,4)5)45-36(39)29-27-25-23-21-19-17-15-13-11-9-7-2/h6-11,34H,1-2,12-33H2,3-5H3/p+1/b10-8+,11-9+/t34-/m1/s1. The first-order chi connectivity index (χ1) is 22.0. The minimum atomic E-state index is -4.37. The van der Waals surface area contributed by atoms with Crippen LogP contribution in [-0.4, -0.2) is 74.9 Å². The first-order valence-electron chi connectivity index (χ1n) is 17.3. The summed E-state index contributed by atoms with van der Waals surface area (Å²) in [4.78, 5) is 35.0. The largest absolute Gasteiger partial charge is 0.472 e. The first kappa shape index (κ1) is 44.0. The maximum Gasteiger partial charge on any atom is 0.472 e. The molecule has 0 aromatic heterocycles. The van der Waals surface area contributed by atoms with Crippen LogP contribution in [0.3, 0.4) is 0 Å². The molecule has 0 aromatic rings. The van der Waals surface area contributed by atoms with E-state index in [0.717, 1.165) is 57.8 Å². The number of esters is 2. The fourth-order valence-electron chi connectivity index (χ4n) is 4.48. The molecule has 266 valence electrons. The maximum absolute atomic E-state index is 12.5. The second kappa shape index (κ2) is 29.1. The summed E-state index contributed by atoms with van der Waals surface area (Å²) in [5, 5.41) is 0. The van der Waals surface area contributed by atoms with E-state index in [2.05, 4.69) is 25.3 Å². The minimum absolute atomic E-state index is 0.0240. The molecule has 1 N–H and O–H groups in total. The quantitative estimate of drug-likeness (QED) is 0.0249. The van der Waals surface area contributed by atoms with E-state index in [0.29, 0.717) is 17.4 Å². The van der Waals surface area contributed by atoms with E-state index < -0.39 is 32.5 Å². The minimum Gasteiger partial charge on any atom is -0.462 e. The van der Waals surface area contributed by atoms with Crippen LogP contribution in [0.4, 0.5) is 0 Å². The summed E-state index contributed by atoms with van der Waals surface area (Å²) < 4.78 is 34.0. The van der Waals surface area contributed by atoms with E-state index in [-0.39, 0.29) is 26.1 Å². The molecule has 0 saturated heterocycles. The Morgan fingerprint density at radius 1 is 0.696 bits per heavy atom. The summed E-state index contributed by atoms with van der Waals surface area (Å²) in [5.74, 6) is -0.840. The van der Waals surface area contributed by atoms with Crippen LogP contribution in [0.5, 0.6) is 0 Å². The van der Waals surface area contributed by atoms with Gasteiger partial charge >= 0.3 is 19.8 Å². The molecule has 1 unspecified atom stereocenters. The van der Waals surface area contributed by atoms with Crippen LogP contribution < -0.4 is 0 Å². The predicted molar refractivity (Wildman–Crippen MR) is 187 cm³/mol. The van der Waals surface area contributed by atoms with Gasteiger partial charge in [0.1, 0.15) is 19.8 Å². The van der Waals surface area contributed by atoms with Crippen molar-refractivity contribution >= 4 is 19.8 Å². The van der Waals surface area contributed by atoms with Gasteiger partial charge in [-0.1, -0.05) is 114 Å². The van der Waals surface area contributed by atoms with Gasteiger partial charge in [0.25, 0.3) is 0 Å². The molecule has 0 spiro atoms. The SMILES string of the molecule is C=C/C=C/CCCCCCCCCC(=O)OC[C@H](COP(=O)(O)OCC[N+](C)(C)C)OC(=O)CCCCCCCCC/C=C/C=C. The molecule has 46 heavy (non-hydrogen) atoms. The van der Waals surface area contributed by atoms with Gasteiger partial charge in [-0.05, 0) is 38.5 Å². The Labute approximate surface area is 280 Å². The Morgan fingerprint density at radius 3 is 1.63 bits per heavy atom. The molecule has 0 fully saturated rings. The number of nitrogens with zero attached hydrogens (tertiary/aromatic N) is 1. The highest BCUT2D eigenvalue weighted by molar-refractivity contribution is 7.47. The summed E-state index contributed by atoms with van der Waals surface area (Å²) in [6, 6.07) is 0. The number of unbranched alkanes of at least 4 members (excludes halogenated alkanes) is 14. The summed E-state index contributed by atoms with van der Waals surface area (Å²) in [6.45, 7) is 7.21. The summed E-state index contributed by atoms with van der Waals surface area (Å²) in [5.41, 5.74) is 0. The summed E-state index contributed by atoms with van der Waals surface area (Å²) in [7, 11) is 1.44. The molecule has 0 heterocycles. The van der Waals surface area contributed by atoms with Crippen LogP contribution >= 0.6 is 7.82 Å². The molecular formula is C36H65NO8P+. The molecule has 0 aromatic carbocycles. The monoisotopic (exact) mass is 670 g/mol. The van der Waals surface area contributed by atoms with Crippen molar-refractivity contribution in [3.63, 3.8) is 0 Å². The highest BCUT2D eigenvalue weighted by Gasteiger charge is 2.27. The zero-order valence-corrected chi connectivity index (χ0v) is 30.1. The Balaban J connectivity index is 4.49. The smallest absolute Gasteiger partial charge is 0.462 e. The van der Waals surface area contributed by atoms with Crippen molar-refractivity contribution in [3.8, 4) is 0 Å². The van der Waals surface area contributed by atoms with Crippen LogP contribution in [0.15, 0.2) is 49.6 Å². The third-order valence-electron chi connectivity index (χ3n) is 7.22. The number of likely N-dealkylation sites (N-methyl/N-ethyl adjacent to an activating group) is 1. The van der Waals surface area contributed by atoms with Crippen molar-refractivity contribution in [2.45, 2.75) is 122 Å². The van der Waals surface area contributed by atoms with E-state index in [1.807, 2.05) is 33.3 Å². The molecule has 0 bridgehead atoms. The van der Waals surface area contributed by atoms with Gasteiger partial charge in [0.05, 0.1) is 27.7 Å². The fraction of sp³-hybridized carbons (Fsp3) is 0.722. The van der Waals surface area contributed by atoms with Crippen molar-refractivity contribution in [1.82, 2.24) is 0 Å². The molecule has 0 amide bonds. The van der Waals surface area contributed by atoms with Crippen molar-refractivity contribution in [3.05, 3.63) is 49.6 Å². The Hall–Kier alpha value is -2.03. The van der Waals surface area contributed by atoms with Crippen LogP contribution in [-0.2, 0) is 32.7 Å². The van der Waals surface area contributed by atoms with Crippen molar-refractivity contribution in [2.75, 3.05) is 47.5 Å². The molecular weight excluding hydrogens is 605 g/mol. The highest BCUT2D eigenvalue weighted by atomic mass is 31.2. The lowest BCUT2D eigenvalue weighted by Gasteiger charge is -2.24. The second-order valence-corrected chi connectivity index (χ2v) is 14.2. The number of ether oxygens (including phenoxy) is 2. The average Bonchev–Trinajstić information content (AvgIpc) is 2.99. The number of carbonyl (C=O) groups is 2. The molecule has 9 nitrogen and oxygen atoms in total. The fourth-order valence-corrected chi connectivity index (χ4v) is 5.22. The third-order valence-corrected chi connectivity index (χ3v) is 8.20. The van der Waals surface area contributed by atoms with E-state index >= 15 is 0 Å². The topological polar surface area (TPSA) is 108 Å². The third kappa shape index (κ3) is 31.9. The Morgan fingerprint density at radius 2 is 1.15 bits per heavy atom. The lowest BCUT2D eigenvalue weighted by atomic mass is 10.1. The van der Waals surface area contributed by atoms with E-state index in [9.17, 15) is 19.0 Å². The van der Waals surface area contributed by atoms with Crippen LogP contribution in [0.25, 0.3) is 0 Å². The van der Waals surface area contributed by atoms with Crippen LogP contribution in [0.1, 0.15) is 116 Å². The summed E-state index contributed by atoms with van der Waals surface area (Å²) in [6.07, 6.45) is 28.2. The molecule has 0 aliphatic heterocycles. The van der Waals surface area contributed by atoms with Gasteiger partial charge in [-0.2, -0.15) is 0 Å².